The van der Waals surface area contributed by atoms with Gasteiger partial charge in [0.1, 0.15) is 0 Å². The van der Waals surface area contributed by atoms with Crippen molar-refractivity contribution in [3.05, 3.63) is 28.7 Å². The molecule has 1 heterocycles. The summed E-state index contributed by atoms with van der Waals surface area (Å²) in [6.07, 6.45) is 1.71. The standard InChI is InChI=1S/C12H15BrN2O/c13-10-2-1-3-11(7-10)15-12(16)6-9-4-5-14-8-9/h1-3,7,9,14H,4-6,8H2,(H,15,16). The Balaban J connectivity index is 1.86. The van der Waals surface area contributed by atoms with E-state index in [-0.39, 0.29) is 5.91 Å². The van der Waals surface area contributed by atoms with Gasteiger partial charge in [-0.05, 0) is 43.6 Å². The Morgan fingerprint density at radius 1 is 1.56 bits per heavy atom. The van der Waals surface area contributed by atoms with Gasteiger partial charge in [0, 0.05) is 16.6 Å². The van der Waals surface area contributed by atoms with E-state index in [4.69, 9.17) is 0 Å². The first-order valence-electron chi connectivity index (χ1n) is 5.50. The van der Waals surface area contributed by atoms with Crippen LogP contribution in [0, 0.1) is 5.92 Å². The van der Waals surface area contributed by atoms with Crippen LogP contribution in [0.3, 0.4) is 0 Å². The van der Waals surface area contributed by atoms with E-state index in [1.54, 1.807) is 0 Å². The molecule has 1 unspecified atom stereocenters. The molecular weight excluding hydrogens is 268 g/mol. The molecule has 0 aromatic heterocycles. The minimum absolute atomic E-state index is 0.104. The van der Waals surface area contributed by atoms with E-state index in [9.17, 15) is 4.79 Å². The Kier molecular flexibility index (Phi) is 3.96. The van der Waals surface area contributed by atoms with E-state index >= 15 is 0 Å². The number of anilines is 1. The molecule has 0 saturated carbocycles. The lowest BCUT2D eigenvalue weighted by molar-refractivity contribution is -0.116. The molecular formula is C12H15BrN2O. The number of hydrogen-bond acceptors (Lipinski definition) is 2. The van der Waals surface area contributed by atoms with Crippen molar-refractivity contribution >= 4 is 27.5 Å². The number of benzene rings is 1. The molecule has 1 amide bonds. The van der Waals surface area contributed by atoms with Gasteiger partial charge in [-0.3, -0.25) is 4.79 Å². The van der Waals surface area contributed by atoms with Crippen molar-refractivity contribution in [1.82, 2.24) is 5.32 Å². The van der Waals surface area contributed by atoms with E-state index in [1.807, 2.05) is 24.3 Å². The molecule has 1 atom stereocenters. The van der Waals surface area contributed by atoms with E-state index in [0.717, 1.165) is 29.7 Å². The summed E-state index contributed by atoms with van der Waals surface area (Å²) in [7, 11) is 0. The molecule has 2 rings (SSSR count). The second kappa shape index (κ2) is 5.46. The average molecular weight is 283 g/mol. The van der Waals surface area contributed by atoms with Gasteiger partial charge in [-0.2, -0.15) is 0 Å². The van der Waals surface area contributed by atoms with Crippen LogP contribution in [0.2, 0.25) is 0 Å². The van der Waals surface area contributed by atoms with Gasteiger partial charge in [0.15, 0.2) is 0 Å². The molecule has 4 heteroatoms. The highest BCUT2D eigenvalue weighted by Gasteiger charge is 2.17. The van der Waals surface area contributed by atoms with Crippen LogP contribution in [0.1, 0.15) is 12.8 Å². The van der Waals surface area contributed by atoms with Crippen LogP contribution < -0.4 is 10.6 Å². The van der Waals surface area contributed by atoms with Crippen molar-refractivity contribution < 1.29 is 4.79 Å². The zero-order chi connectivity index (χ0) is 11.4. The Labute approximate surface area is 104 Å². The lowest BCUT2D eigenvalue weighted by atomic mass is 10.0. The van der Waals surface area contributed by atoms with Crippen molar-refractivity contribution in [2.75, 3.05) is 18.4 Å². The summed E-state index contributed by atoms with van der Waals surface area (Å²) < 4.78 is 0.979. The van der Waals surface area contributed by atoms with Gasteiger partial charge in [-0.25, -0.2) is 0 Å². The molecule has 1 aromatic rings. The monoisotopic (exact) mass is 282 g/mol. The highest BCUT2D eigenvalue weighted by molar-refractivity contribution is 9.10. The maximum atomic E-state index is 11.7. The average Bonchev–Trinajstić information content (AvgIpc) is 2.70. The first-order chi connectivity index (χ1) is 7.74. The summed E-state index contributed by atoms with van der Waals surface area (Å²) in [6, 6.07) is 7.66. The largest absolute Gasteiger partial charge is 0.326 e. The summed E-state index contributed by atoms with van der Waals surface area (Å²) in [5.74, 6) is 0.596. The molecule has 86 valence electrons. The van der Waals surface area contributed by atoms with Gasteiger partial charge in [0.25, 0.3) is 0 Å². The SMILES string of the molecule is O=C(CC1CCNC1)Nc1cccc(Br)c1. The lowest BCUT2D eigenvalue weighted by Gasteiger charge is -2.09. The fraction of sp³-hybridized carbons (Fsp3) is 0.417. The molecule has 1 aliphatic rings. The summed E-state index contributed by atoms with van der Waals surface area (Å²) in [5, 5.41) is 6.18. The third-order valence-corrected chi connectivity index (χ3v) is 3.24. The second-order valence-electron chi connectivity index (χ2n) is 4.12. The topological polar surface area (TPSA) is 41.1 Å². The molecule has 0 bridgehead atoms. The third kappa shape index (κ3) is 3.32. The Morgan fingerprint density at radius 2 is 2.44 bits per heavy atom. The summed E-state index contributed by atoms with van der Waals surface area (Å²) >= 11 is 3.38. The van der Waals surface area contributed by atoms with Crippen LogP contribution in [0.5, 0.6) is 0 Å². The van der Waals surface area contributed by atoms with E-state index < -0.39 is 0 Å². The van der Waals surface area contributed by atoms with E-state index in [0.29, 0.717) is 12.3 Å². The fourth-order valence-electron chi connectivity index (χ4n) is 1.93. The van der Waals surface area contributed by atoms with Crippen molar-refractivity contribution in [3.8, 4) is 0 Å². The summed E-state index contributed by atoms with van der Waals surface area (Å²) in [4.78, 5) is 11.7. The van der Waals surface area contributed by atoms with Crippen molar-refractivity contribution in [2.45, 2.75) is 12.8 Å². The lowest BCUT2D eigenvalue weighted by Crippen LogP contribution is -2.18. The number of carbonyl (C=O) groups is 1. The Hall–Kier alpha value is -0.870. The highest BCUT2D eigenvalue weighted by atomic mass is 79.9. The highest BCUT2D eigenvalue weighted by Crippen LogP contribution is 2.17. The summed E-state index contributed by atoms with van der Waals surface area (Å²) in [6.45, 7) is 2.00. The molecule has 1 saturated heterocycles. The zero-order valence-corrected chi connectivity index (χ0v) is 10.6. The second-order valence-corrected chi connectivity index (χ2v) is 5.04. The molecule has 1 aromatic carbocycles. The Bertz CT molecular complexity index is 375. The molecule has 0 radical (unpaired) electrons. The van der Waals surface area contributed by atoms with Crippen LogP contribution in [0.15, 0.2) is 28.7 Å². The Morgan fingerprint density at radius 3 is 3.12 bits per heavy atom. The minimum atomic E-state index is 0.104. The molecule has 16 heavy (non-hydrogen) atoms. The van der Waals surface area contributed by atoms with Gasteiger partial charge < -0.3 is 10.6 Å². The van der Waals surface area contributed by atoms with Crippen molar-refractivity contribution in [3.63, 3.8) is 0 Å². The molecule has 0 aliphatic carbocycles. The predicted octanol–water partition coefficient (Wildman–Crippen LogP) is 2.39. The van der Waals surface area contributed by atoms with Gasteiger partial charge in [0.05, 0.1) is 0 Å². The van der Waals surface area contributed by atoms with Crippen LogP contribution in [-0.2, 0) is 4.79 Å². The van der Waals surface area contributed by atoms with Crippen molar-refractivity contribution in [2.24, 2.45) is 5.92 Å². The maximum Gasteiger partial charge on any atom is 0.224 e. The number of hydrogen-bond donors (Lipinski definition) is 2. The number of rotatable bonds is 3. The van der Waals surface area contributed by atoms with Gasteiger partial charge in [-0.1, -0.05) is 22.0 Å². The zero-order valence-electron chi connectivity index (χ0n) is 9.00. The summed E-state index contributed by atoms with van der Waals surface area (Å²) in [5.41, 5.74) is 0.852. The molecule has 1 aliphatic heterocycles. The molecule has 2 N–H and O–H groups in total. The smallest absolute Gasteiger partial charge is 0.224 e. The van der Waals surface area contributed by atoms with Crippen LogP contribution in [0.25, 0.3) is 0 Å². The molecule has 3 nitrogen and oxygen atoms in total. The maximum absolute atomic E-state index is 11.7. The normalized spacial score (nSPS) is 19.7. The minimum Gasteiger partial charge on any atom is -0.326 e. The van der Waals surface area contributed by atoms with Crippen molar-refractivity contribution in [1.29, 1.82) is 0 Å². The molecule has 1 fully saturated rings. The number of nitrogens with one attached hydrogen (secondary N) is 2. The first-order valence-corrected chi connectivity index (χ1v) is 6.29. The van der Waals surface area contributed by atoms with Crippen LogP contribution in [-0.4, -0.2) is 19.0 Å². The fourth-order valence-corrected chi connectivity index (χ4v) is 2.33. The molecule has 0 spiro atoms. The third-order valence-electron chi connectivity index (χ3n) is 2.74. The van der Waals surface area contributed by atoms with Crippen LogP contribution >= 0.6 is 15.9 Å². The van der Waals surface area contributed by atoms with Gasteiger partial charge in [0.2, 0.25) is 5.91 Å². The van der Waals surface area contributed by atoms with E-state index in [1.165, 1.54) is 0 Å². The van der Waals surface area contributed by atoms with Gasteiger partial charge in [-0.15, -0.1) is 0 Å². The number of carbonyl (C=O) groups excluding carboxylic acids is 1. The first kappa shape index (κ1) is 11.6. The number of amides is 1. The van der Waals surface area contributed by atoms with E-state index in [2.05, 4.69) is 26.6 Å². The number of halogens is 1. The quantitative estimate of drug-likeness (QED) is 0.894. The van der Waals surface area contributed by atoms with Crippen LogP contribution in [0.4, 0.5) is 5.69 Å². The predicted molar refractivity (Wildman–Crippen MR) is 68.4 cm³/mol. The van der Waals surface area contributed by atoms with Gasteiger partial charge >= 0.3 is 0 Å².